The van der Waals surface area contributed by atoms with Crippen molar-refractivity contribution in [2.45, 2.75) is 56.4 Å². The molecular formula is C13H23NO3S. The van der Waals surface area contributed by atoms with Crippen LogP contribution < -0.4 is 0 Å². The van der Waals surface area contributed by atoms with Crippen molar-refractivity contribution in [1.82, 2.24) is 4.90 Å². The monoisotopic (exact) mass is 273 g/mol. The van der Waals surface area contributed by atoms with E-state index in [9.17, 15) is 4.79 Å². The highest BCUT2D eigenvalue weighted by atomic mass is 32.1. The summed E-state index contributed by atoms with van der Waals surface area (Å²) in [5.41, 5.74) is -0.537. The number of hydrogen-bond acceptors (Lipinski definition) is 4. The molecule has 4 nitrogen and oxygen atoms in total. The van der Waals surface area contributed by atoms with Crippen LogP contribution in [-0.4, -0.2) is 47.1 Å². The topological polar surface area (TPSA) is 38.8 Å². The van der Waals surface area contributed by atoms with Gasteiger partial charge in [-0.25, -0.2) is 4.79 Å². The number of ether oxygens (including phenoxy) is 2. The summed E-state index contributed by atoms with van der Waals surface area (Å²) < 4.78 is 10.9. The molecular weight excluding hydrogens is 250 g/mol. The van der Waals surface area contributed by atoms with E-state index in [4.69, 9.17) is 9.47 Å². The maximum Gasteiger partial charge on any atom is 0.410 e. The fraction of sp³-hybridized carbons (Fsp3) is 0.923. The van der Waals surface area contributed by atoms with Crippen LogP contribution in [0.2, 0.25) is 0 Å². The van der Waals surface area contributed by atoms with E-state index in [1.54, 1.807) is 0 Å². The summed E-state index contributed by atoms with van der Waals surface area (Å²) >= 11 is 4.55. The Kier molecular flexibility index (Phi) is 3.83. The molecule has 2 rings (SSSR count). The van der Waals surface area contributed by atoms with Crippen molar-refractivity contribution in [3.8, 4) is 0 Å². The Morgan fingerprint density at radius 2 is 2.00 bits per heavy atom. The molecule has 0 aliphatic carbocycles. The molecule has 0 aromatic rings. The van der Waals surface area contributed by atoms with E-state index in [1.807, 2.05) is 25.7 Å². The van der Waals surface area contributed by atoms with Gasteiger partial charge in [0.15, 0.2) is 0 Å². The van der Waals surface area contributed by atoms with E-state index in [-0.39, 0.29) is 16.9 Å². The zero-order valence-electron chi connectivity index (χ0n) is 11.4. The Bertz CT molecular complexity index is 321. The number of nitrogens with zero attached hydrogens (tertiary/aromatic N) is 1. The molecule has 5 heteroatoms. The van der Waals surface area contributed by atoms with Crippen LogP contribution in [0.15, 0.2) is 0 Å². The normalized spacial score (nSPS) is 27.6. The van der Waals surface area contributed by atoms with Gasteiger partial charge in [-0.05, 0) is 40.0 Å². The zero-order chi connectivity index (χ0) is 13.4. The second-order valence-electron chi connectivity index (χ2n) is 6.29. The summed E-state index contributed by atoms with van der Waals surface area (Å²) in [6, 6.07) is 0. The molecule has 2 saturated heterocycles. The first-order valence-electron chi connectivity index (χ1n) is 6.59. The third kappa shape index (κ3) is 2.94. The summed E-state index contributed by atoms with van der Waals surface area (Å²) in [7, 11) is 0. The molecule has 0 bridgehead atoms. The number of carbonyl (C=O) groups is 1. The van der Waals surface area contributed by atoms with Gasteiger partial charge in [-0.15, -0.1) is 0 Å². The molecule has 1 spiro atoms. The minimum atomic E-state index is -0.446. The first-order valence-corrected chi connectivity index (χ1v) is 7.10. The SMILES string of the molecule is CC(C)(C)OC(=O)N1CC(S)CC12CCOCC2. The maximum atomic E-state index is 12.3. The highest BCUT2D eigenvalue weighted by molar-refractivity contribution is 7.81. The van der Waals surface area contributed by atoms with Gasteiger partial charge in [0.2, 0.25) is 0 Å². The molecule has 1 unspecified atom stereocenters. The smallest absolute Gasteiger partial charge is 0.410 e. The lowest BCUT2D eigenvalue weighted by Gasteiger charge is -2.41. The predicted molar refractivity (Wildman–Crippen MR) is 73.1 cm³/mol. The average Bonchev–Trinajstić information content (AvgIpc) is 2.54. The van der Waals surface area contributed by atoms with Gasteiger partial charge in [0.25, 0.3) is 0 Å². The number of hydrogen-bond donors (Lipinski definition) is 1. The standard InChI is InChI=1S/C13H23NO3S/c1-12(2,3)17-11(15)14-9-10(18)8-13(14)4-6-16-7-5-13/h10,18H,4-9H2,1-3H3. The van der Waals surface area contributed by atoms with E-state index in [0.717, 1.165) is 32.5 Å². The minimum absolute atomic E-state index is 0.0903. The summed E-state index contributed by atoms with van der Waals surface area (Å²) in [4.78, 5) is 14.2. The highest BCUT2D eigenvalue weighted by Gasteiger charge is 2.48. The fourth-order valence-electron chi connectivity index (χ4n) is 2.83. The van der Waals surface area contributed by atoms with E-state index in [1.165, 1.54) is 0 Å². The molecule has 1 amide bonds. The third-order valence-electron chi connectivity index (χ3n) is 3.62. The van der Waals surface area contributed by atoms with Gasteiger partial charge >= 0.3 is 6.09 Å². The average molecular weight is 273 g/mol. The van der Waals surface area contributed by atoms with Gasteiger partial charge in [0.1, 0.15) is 5.60 Å². The van der Waals surface area contributed by atoms with Gasteiger partial charge in [0, 0.05) is 25.0 Å². The summed E-state index contributed by atoms with van der Waals surface area (Å²) in [5.74, 6) is 0. The van der Waals surface area contributed by atoms with Crippen LogP contribution >= 0.6 is 12.6 Å². The number of thiol groups is 1. The van der Waals surface area contributed by atoms with Gasteiger partial charge in [-0.2, -0.15) is 12.6 Å². The number of carbonyl (C=O) groups excluding carboxylic acids is 1. The van der Waals surface area contributed by atoms with Crippen molar-refractivity contribution in [2.75, 3.05) is 19.8 Å². The van der Waals surface area contributed by atoms with E-state index >= 15 is 0 Å². The lowest BCUT2D eigenvalue weighted by atomic mass is 9.87. The Balaban J connectivity index is 2.11. The quantitative estimate of drug-likeness (QED) is 0.689. The van der Waals surface area contributed by atoms with Crippen LogP contribution in [0.25, 0.3) is 0 Å². The van der Waals surface area contributed by atoms with Gasteiger partial charge in [-0.1, -0.05) is 0 Å². The van der Waals surface area contributed by atoms with Crippen LogP contribution in [0.4, 0.5) is 4.79 Å². The van der Waals surface area contributed by atoms with E-state index in [2.05, 4.69) is 12.6 Å². The molecule has 0 N–H and O–H groups in total. The third-order valence-corrected chi connectivity index (χ3v) is 3.96. The molecule has 0 saturated carbocycles. The molecule has 0 aromatic carbocycles. The van der Waals surface area contributed by atoms with Crippen molar-refractivity contribution < 1.29 is 14.3 Å². The predicted octanol–water partition coefficient (Wildman–Crippen LogP) is 2.47. The van der Waals surface area contributed by atoms with Gasteiger partial charge in [-0.3, -0.25) is 0 Å². The van der Waals surface area contributed by atoms with Crippen LogP contribution in [0.3, 0.4) is 0 Å². The van der Waals surface area contributed by atoms with Gasteiger partial charge < -0.3 is 14.4 Å². The fourth-order valence-corrected chi connectivity index (χ4v) is 3.33. The summed E-state index contributed by atoms with van der Waals surface area (Å²) in [6.45, 7) is 7.82. The summed E-state index contributed by atoms with van der Waals surface area (Å²) in [5, 5.41) is 0.246. The maximum absolute atomic E-state index is 12.3. The van der Waals surface area contributed by atoms with Crippen LogP contribution in [0.5, 0.6) is 0 Å². The van der Waals surface area contributed by atoms with Crippen molar-refractivity contribution in [3.05, 3.63) is 0 Å². The molecule has 104 valence electrons. The number of likely N-dealkylation sites (tertiary alicyclic amines) is 1. The van der Waals surface area contributed by atoms with Crippen molar-refractivity contribution in [3.63, 3.8) is 0 Å². The second-order valence-corrected chi connectivity index (χ2v) is 7.02. The zero-order valence-corrected chi connectivity index (χ0v) is 12.3. The van der Waals surface area contributed by atoms with Crippen LogP contribution in [0.1, 0.15) is 40.0 Å². The Labute approximate surface area is 114 Å². The lowest BCUT2D eigenvalue weighted by Crippen LogP contribution is -2.51. The minimum Gasteiger partial charge on any atom is -0.444 e. The second kappa shape index (κ2) is 4.93. The molecule has 1 atom stereocenters. The molecule has 2 fully saturated rings. The van der Waals surface area contributed by atoms with Crippen molar-refractivity contribution in [2.24, 2.45) is 0 Å². The lowest BCUT2D eigenvalue weighted by molar-refractivity contribution is -0.0290. The molecule has 2 heterocycles. The van der Waals surface area contributed by atoms with Crippen molar-refractivity contribution in [1.29, 1.82) is 0 Å². The molecule has 0 aromatic heterocycles. The van der Waals surface area contributed by atoms with E-state index < -0.39 is 5.60 Å². The van der Waals surface area contributed by atoms with E-state index in [0.29, 0.717) is 6.54 Å². The summed E-state index contributed by atoms with van der Waals surface area (Å²) in [6.07, 6.45) is 2.52. The molecule has 18 heavy (non-hydrogen) atoms. The molecule has 2 aliphatic heterocycles. The van der Waals surface area contributed by atoms with Crippen molar-refractivity contribution >= 4 is 18.7 Å². The first-order chi connectivity index (χ1) is 8.32. The number of rotatable bonds is 0. The largest absolute Gasteiger partial charge is 0.444 e. The Morgan fingerprint density at radius 1 is 1.39 bits per heavy atom. The molecule has 0 radical (unpaired) electrons. The Hall–Kier alpha value is -0.420. The molecule has 2 aliphatic rings. The van der Waals surface area contributed by atoms with Crippen LogP contribution in [0, 0.1) is 0 Å². The highest BCUT2D eigenvalue weighted by Crippen LogP contribution is 2.40. The van der Waals surface area contributed by atoms with Crippen LogP contribution in [-0.2, 0) is 9.47 Å². The Morgan fingerprint density at radius 3 is 2.56 bits per heavy atom. The number of amides is 1. The first kappa shape index (κ1) is 14.0. The van der Waals surface area contributed by atoms with Gasteiger partial charge in [0.05, 0.1) is 5.54 Å².